The molecule has 0 spiro atoms. The van der Waals surface area contributed by atoms with Crippen LogP contribution in [0.2, 0.25) is 0 Å². The van der Waals surface area contributed by atoms with Crippen molar-refractivity contribution in [2.45, 2.75) is 19.4 Å². The fraction of sp³-hybridized carbons (Fsp3) is 0.200. The summed E-state index contributed by atoms with van der Waals surface area (Å²) in [4.78, 5) is 14.4. The van der Waals surface area contributed by atoms with Gasteiger partial charge >= 0.3 is 0 Å². The monoisotopic (exact) mass is 434 g/mol. The molecule has 1 atom stereocenters. The summed E-state index contributed by atoms with van der Waals surface area (Å²) in [6, 6.07) is 19.2. The molecule has 0 saturated carbocycles. The molecule has 0 radical (unpaired) electrons. The van der Waals surface area contributed by atoms with E-state index in [1.165, 1.54) is 12.1 Å². The van der Waals surface area contributed by atoms with E-state index in [0.717, 1.165) is 27.6 Å². The maximum Gasteiger partial charge on any atom is 0.214 e. The molecule has 7 heteroatoms. The molecular formula is C25H23FN2O4. The number of rotatable bonds is 9. The lowest BCUT2D eigenvalue weighted by atomic mass is 9.90. The molecule has 0 aliphatic carbocycles. The van der Waals surface area contributed by atoms with Gasteiger partial charge in [-0.3, -0.25) is 10.1 Å². The summed E-state index contributed by atoms with van der Waals surface area (Å²) in [6.45, 7) is 2.29. The van der Waals surface area contributed by atoms with E-state index in [-0.39, 0.29) is 23.9 Å². The topological polar surface area (TPSA) is 77.4 Å². The fourth-order valence-electron chi connectivity index (χ4n) is 3.79. The Bertz CT molecular complexity index is 1220. The van der Waals surface area contributed by atoms with E-state index in [0.29, 0.717) is 18.1 Å². The fourth-order valence-corrected chi connectivity index (χ4v) is 3.79. The van der Waals surface area contributed by atoms with Crippen molar-refractivity contribution in [2.24, 2.45) is 0 Å². The summed E-state index contributed by atoms with van der Waals surface area (Å²) >= 11 is 0. The molecule has 0 fully saturated rings. The van der Waals surface area contributed by atoms with Crippen molar-refractivity contribution >= 4 is 10.9 Å². The SMILES string of the molecule is CCOc1cc([C@@H](C[N+](=O)[O-])c2c[nH]c3ccccc23)ccc1OCc1ccc(F)cc1. The highest BCUT2D eigenvalue weighted by Crippen LogP contribution is 2.36. The van der Waals surface area contributed by atoms with E-state index >= 15 is 0 Å². The van der Waals surface area contributed by atoms with Gasteiger partial charge in [0.15, 0.2) is 11.5 Å². The van der Waals surface area contributed by atoms with Gasteiger partial charge in [-0.15, -0.1) is 0 Å². The van der Waals surface area contributed by atoms with E-state index < -0.39 is 5.92 Å². The van der Waals surface area contributed by atoms with Crippen molar-refractivity contribution in [1.29, 1.82) is 0 Å². The number of fused-ring (bicyclic) bond motifs is 1. The standard InChI is InChI=1S/C25H23FN2O4/c1-2-31-25-13-18(9-12-24(25)32-16-17-7-10-19(26)11-8-17)22(15-28(29)30)21-14-27-23-6-4-3-5-20(21)23/h3-14,22,27H,2,15-16H2,1H3/t22-/m1/s1. The predicted octanol–water partition coefficient (Wildman–Crippen LogP) is 5.69. The van der Waals surface area contributed by atoms with Crippen LogP contribution in [0, 0.1) is 15.9 Å². The molecule has 6 nitrogen and oxygen atoms in total. The first-order valence-electron chi connectivity index (χ1n) is 10.4. The van der Waals surface area contributed by atoms with Crippen LogP contribution < -0.4 is 9.47 Å². The molecule has 0 bridgehead atoms. The van der Waals surface area contributed by atoms with E-state index in [1.54, 1.807) is 24.3 Å². The lowest BCUT2D eigenvalue weighted by molar-refractivity contribution is -0.481. The normalized spacial score (nSPS) is 11.9. The van der Waals surface area contributed by atoms with E-state index in [9.17, 15) is 14.5 Å². The van der Waals surface area contributed by atoms with Gasteiger partial charge in [-0.25, -0.2) is 4.39 Å². The Morgan fingerprint density at radius 1 is 1.03 bits per heavy atom. The van der Waals surface area contributed by atoms with Crippen LogP contribution in [0.1, 0.15) is 29.5 Å². The van der Waals surface area contributed by atoms with Crippen LogP contribution in [0.3, 0.4) is 0 Å². The van der Waals surface area contributed by atoms with Crippen molar-refractivity contribution in [1.82, 2.24) is 4.98 Å². The molecule has 4 rings (SSSR count). The Balaban J connectivity index is 1.66. The van der Waals surface area contributed by atoms with Crippen LogP contribution in [-0.4, -0.2) is 23.1 Å². The summed E-state index contributed by atoms with van der Waals surface area (Å²) in [5, 5.41) is 12.4. The van der Waals surface area contributed by atoms with Crippen LogP contribution in [0.4, 0.5) is 4.39 Å². The Labute approximate surface area is 184 Å². The van der Waals surface area contributed by atoms with Crippen LogP contribution in [0.15, 0.2) is 72.9 Å². The molecule has 3 aromatic carbocycles. The van der Waals surface area contributed by atoms with Crippen LogP contribution in [0.25, 0.3) is 10.9 Å². The number of aromatic amines is 1. The minimum atomic E-state index is -0.452. The molecule has 32 heavy (non-hydrogen) atoms. The number of ether oxygens (including phenoxy) is 2. The molecule has 1 heterocycles. The lowest BCUT2D eigenvalue weighted by Crippen LogP contribution is -2.14. The summed E-state index contributed by atoms with van der Waals surface area (Å²) in [5.74, 6) is 0.285. The molecular weight excluding hydrogens is 411 g/mol. The Kier molecular flexibility index (Phi) is 6.35. The van der Waals surface area contributed by atoms with Crippen molar-refractivity contribution < 1.29 is 18.8 Å². The summed E-state index contributed by atoms with van der Waals surface area (Å²) in [7, 11) is 0. The Morgan fingerprint density at radius 2 is 1.81 bits per heavy atom. The zero-order chi connectivity index (χ0) is 22.5. The number of nitro groups is 1. The number of H-pyrrole nitrogens is 1. The lowest BCUT2D eigenvalue weighted by Gasteiger charge is -2.17. The maximum absolute atomic E-state index is 13.1. The second-order valence-electron chi connectivity index (χ2n) is 7.41. The highest BCUT2D eigenvalue weighted by atomic mass is 19.1. The number of halogens is 1. The molecule has 0 aliphatic rings. The number of hydrogen-bond acceptors (Lipinski definition) is 4. The number of benzene rings is 3. The van der Waals surface area contributed by atoms with E-state index in [2.05, 4.69) is 4.98 Å². The van der Waals surface area contributed by atoms with Gasteiger partial charge in [0, 0.05) is 22.0 Å². The second kappa shape index (κ2) is 9.51. The van der Waals surface area contributed by atoms with Gasteiger partial charge in [-0.1, -0.05) is 36.4 Å². The predicted molar refractivity (Wildman–Crippen MR) is 120 cm³/mol. The van der Waals surface area contributed by atoms with Crippen LogP contribution >= 0.6 is 0 Å². The van der Waals surface area contributed by atoms with Gasteiger partial charge in [0.1, 0.15) is 12.4 Å². The number of hydrogen-bond donors (Lipinski definition) is 1. The number of nitrogens with one attached hydrogen (secondary N) is 1. The minimum Gasteiger partial charge on any atom is -0.490 e. The third-order valence-electron chi connectivity index (χ3n) is 5.31. The number of aromatic nitrogens is 1. The van der Waals surface area contributed by atoms with Gasteiger partial charge in [-0.05, 0) is 53.9 Å². The molecule has 0 aliphatic heterocycles. The van der Waals surface area contributed by atoms with Crippen molar-refractivity contribution in [2.75, 3.05) is 13.2 Å². The first-order valence-corrected chi connectivity index (χ1v) is 10.4. The van der Waals surface area contributed by atoms with Crippen molar-refractivity contribution in [3.63, 3.8) is 0 Å². The largest absolute Gasteiger partial charge is 0.490 e. The second-order valence-corrected chi connectivity index (χ2v) is 7.41. The van der Waals surface area contributed by atoms with Gasteiger partial charge in [0.05, 0.1) is 12.5 Å². The Hall–Kier alpha value is -3.87. The van der Waals surface area contributed by atoms with Crippen LogP contribution in [0.5, 0.6) is 11.5 Å². The summed E-state index contributed by atoms with van der Waals surface area (Å²) in [6.07, 6.45) is 1.83. The average Bonchev–Trinajstić information content (AvgIpc) is 3.22. The molecule has 0 unspecified atom stereocenters. The van der Waals surface area contributed by atoms with Crippen molar-refractivity contribution in [3.05, 3.63) is 106 Å². The van der Waals surface area contributed by atoms with Crippen molar-refractivity contribution in [3.8, 4) is 11.5 Å². The van der Waals surface area contributed by atoms with E-state index in [1.807, 2.05) is 43.5 Å². The van der Waals surface area contributed by atoms with E-state index in [4.69, 9.17) is 9.47 Å². The molecule has 1 aromatic heterocycles. The third-order valence-corrected chi connectivity index (χ3v) is 5.31. The summed E-state index contributed by atoms with van der Waals surface area (Å²) < 4.78 is 24.8. The molecule has 164 valence electrons. The smallest absolute Gasteiger partial charge is 0.214 e. The Morgan fingerprint density at radius 3 is 2.56 bits per heavy atom. The summed E-state index contributed by atoms with van der Waals surface area (Å²) in [5.41, 5.74) is 3.38. The van der Waals surface area contributed by atoms with Crippen LogP contribution in [-0.2, 0) is 6.61 Å². The van der Waals surface area contributed by atoms with Gasteiger partial charge in [0.25, 0.3) is 0 Å². The maximum atomic E-state index is 13.1. The van der Waals surface area contributed by atoms with Gasteiger partial charge < -0.3 is 14.5 Å². The zero-order valence-electron chi connectivity index (χ0n) is 17.6. The zero-order valence-corrected chi connectivity index (χ0v) is 17.6. The highest BCUT2D eigenvalue weighted by Gasteiger charge is 2.24. The van der Waals surface area contributed by atoms with Gasteiger partial charge in [-0.2, -0.15) is 0 Å². The average molecular weight is 434 g/mol. The number of nitrogens with zero attached hydrogens (tertiary/aromatic N) is 1. The number of para-hydroxylation sites is 1. The quantitative estimate of drug-likeness (QED) is 0.271. The highest BCUT2D eigenvalue weighted by molar-refractivity contribution is 5.84. The molecule has 0 saturated heterocycles. The third kappa shape index (κ3) is 4.72. The van der Waals surface area contributed by atoms with Gasteiger partial charge in [0.2, 0.25) is 6.54 Å². The first kappa shape index (κ1) is 21.4. The first-order chi connectivity index (χ1) is 15.5. The molecule has 1 N–H and O–H groups in total. The molecule has 4 aromatic rings. The molecule has 0 amide bonds. The minimum absolute atomic E-state index is 0.247.